The van der Waals surface area contributed by atoms with Gasteiger partial charge in [-0.25, -0.2) is 18.4 Å². The van der Waals surface area contributed by atoms with Crippen LogP contribution in [0.15, 0.2) is 98.5 Å². The van der Waals surface area contributed by atoms with Crippen LogP contribution < -0.4 is 9.47 Å². The fraction of sp³-hybridized carbons (Fsp3) is 0. The monoisotopic (exact) mass is 448 g/mol. The Hall–Kier alpha value is -4.52. The van der Waals surface area contributed by atoms with E-state index in [4.69, 9.17) is 9.47 Å². The molecule has 3 rings (SSSR count). The number of halogens is 2. The number of carbonyl (C=O) groups excluding carboxylic acids is 2. The highest BCUT2D eigenvalue weighted by atomic mass is 19.1. The topological polar surface area (TPSA) is 61.8 Å². The Morgan fingerprint density at radius 3 is 2.03 bits per heavy atom. The van der Waals surface area contributed by atoms with Crippen LogP contribution >= 0.6 is 0 Å². The molecule has 33 heavy (non-hydrogen) atoms. The minimum absolute atomic E-state index is 0.196. The molecule has 0 heterocycles. The van der Waals surface area contributed by atoms with Crippen molar-refractivity contribution in [3.63, 3.8) is 0 Å². The molecule has 5 nitrogen and oxygen atoms in total. The summed E-state index contributed by atoms with van der Waals surface area (Å²) < 4.78 is 43.4. The van der Waals surface area contributed by atoms with Crippen LogP contribution in [0.5, 0.6) is 11.5 Å². The third kappa shape index (κ3) is 6.01. The summed E-state index contributed by atoms with van der Waals surface area (Å²) in [6, 6.07) is 15.4. The molecule has 3 aromatic rings. The zero-order valence-electron chi connectivity index (χ0n) is 17.3. The molecule has 0 radical (unpaired) electrons. The Morgan fingerprint density at radius 2 is 1.39 bits per heavy atom. The maximum atomic E-state index is 14.6. The van der Waals surface area contributed by atoms with Crippen LogP contribution in [0.2, 0.25) is 0 Å². The van der Waals surface area contributed by atoms with Gasteiger partial charge in [-0.2, -0.15) is 0 Å². The van der Waals surface area contributed by atoms with E-state index in [0.29, 0.717) is 22.3 Å². The highest BCUT2D eigenvalue weighted by molar-refractivity contribution is 5.83. The van der Waals surface area contributed by atoms with Gasteiger partial charge in [-0.05, 0) is 41.0 Å². The summed E-state index contributed by atoms with van der Waals surface area (Å²) in [5.74, 6) is -2.59. The fourth-order valence-corrected chi connectivity index (χ4v) is 2.81. The predicted octanol–water partition coefficient (Wildman–Crippen LogP) is 5.97. The van der Waals surface area contributed by atoms with Crippen molar-refractivity contribution in [1.29, 1.82) is 0 Å². The average molecular weight is 448 g/mol. The van der Waals surface area contributed by atoms with Gasteiger partial charge in [0.25, 0.3) is 0 Å². The Kier molecular flexibility index (Phi) is 7.49. The van der Waals surface area contributed by atoms with Gasteiger partial charge >= 0.3 is 11.9 Å². The lowest BCUT2D eigenvalue weighted by Crippen LogP contribution is -2.04. The van der Waals surface area contributed by atoms with Crippen LogP contribution in [0.3, 0.4) is 0 Å². The highest BCUT2D eigenvalue weighted by Gasteiger charge is 2.11. The summed E-state index contributed by atoms with van der Waals surface area (Å²) in [6.45, 7) is 6.52. The first-order valence-corrected chi connectivity index (χ1v) is 9.60. The average Bonchev–Trinajstić information content (AvgIpc) is 2.83. The van der Waals surface area contributed by atoms with Gasteiger partial charge in [0.15, 0.2) is 11.6 Å². The highest BCUT2D eigenvalue weighted by Crippen LogP contribution is 2.30. The molecule has 0 unspecified atom stereocenters. The summed E-state index contributed by atoms with van der Waals surface area (Å²) in [4.78, 5) is 22.2. The first-order chi connectivity index (χ1) is 15.9. The largest absolute Gasteiger partial charge is 0.462 e. The Bertz CT molecular complexity index is 1230. The predicted molar refractivity (Wildman–Crippen MR) is 119 cm³/mol. The number of ether oxygens (including phenoxy) is 3. The first-order valence-electron chi connectivity index (χ1n) is 9.60. The maximum Gasteiger partial charge on any atom is 0.335 e. The zero-order chi connectivity index (χ0) is 23.8. The van der Waals surface area contributed by atoms with Crippen LogP contribution in [0, 0.1) is 11.6 Å². The zero-order valence-corrected chi connectivity index (χ0v) is 17.3. The molecule has 3 aromatic carbocycles. The van der Waals surface area contributed by atoms with E-state index in [9.17, 15) is 18.4 Å². The summed E-state index contributed by atoms with van der Waals surface area (Å²) in [5.41, 5.74) is 2.20. The van der Waals surface area contributed by atoms with E-state index >= 15 is 0 Å². The number of benzene rings is 3. The van der Waals surface area contributed by atoms with Crippen molar-refractivity contribution < 1.29 is 32.6 Å². The normalized spacial score (nSPS) is 10.5. The standard InChI is InChI=1S/C26H18F2O5/c1-3-25(29)32-14-13-31-20-10-11-21(22(27)16-20)18-7-5-17(6-8-18)19-9-12-24(23(28)15-19)33-26(30)4-2/h3-16H,1-2H2. The van der Waals surface area contributed by atoms with Crippen LogP contribution in [0.25, 0.3) is 22.3 Å². The minimum atomic E-state index is -0.753. The quantitative estimate of drug-likeness (QED) is 0.184. The van der Waals surface area contributed by atoms with Gasteiger partial charge < -0.3 is 14.2 Å². The smallest absolute Gasteiger partial charge is 0.335 e. The third-order valence-corrected chi connectivity index (χ3v) is 4.39. The van der Waals surface area contributed by atoms with Crippen molar-refractivity contribution in [2.24, 2.45) is 0 Å². The summed E-state index contributed by atoms with van der Waals surface area (Å²) in [7, 11) is 0. The number of esters is 2. The molecule has 0 spiro atoms. The van der Waals surface area contributed by atoms with E-state index < -0.39 is 23.6 Å². The molecule has 7 heteroatoms. The summed E-state index contributed by atoms with van der Waals surface area (Å²) >= 11 is 0. The van der Waals surface area contributed by atoms with Gasteiger partial charge in [0.2, 0.25) is 0 Å². The van der Waals surface area contributed by atoms with E-state index in [0.717, 1.165) is 24.7 Å². The first kappa shape index (κ1) is 23.1. The lowest BCUT2D eigenvalue weighted by molar-refractivity contribution is -0.132. The maximum absolute atomic E-state index is 14.6. The van der Waals surface area contributed by atoms with E-state index in [1.807, 2.05) is 0 Å². The van der Waals surface area contributed by atoms with Crippen LogP contribution in [-0.2, 0) is 14.3 Å². The number of carbonyl (C=O) groups is 2. The Labute approximate surface area is 188 Å². The summed E-state index contributed by atoms with van der Waals surface area (Å²) in [6.07, 6.45) is 4.07. The van der Waals surface area contributed by atoms with Gasteiger partial charge in [-0.1, -0.05) is 43.5 Å². The Balaban J connectivity index is 1.73. The van der Waals surface area contributed by atoms with Gasteiger partial charge in [0, 0.05) is 23.8 Å². The SMILES string of the molecule is C=CC(=O)OC=COc1ccc(-c2ccc(-c3ccc(OC(=O)C=C)c(F)c3)cc2)c(F)c1. The molecular formula is C26H18F2O5. The molecule has 0 fully saturated rings. The molecule has 0 N–H and O–H groups in total. The summed E-state index contributed by atoms with van der Waals surface area (Å²) in [5, 5.41) is 0. The molecule has 0 amide bonds. The molecule has 0 aliphatic heterocycles. The van der Waals surface area contributed by atoms with Crippen molar-refractivity contribution in [3.05, 3.63) is 110 Å². The van der Waals surface area contributed by atoms with Gasteiger partial charge in [-0.15, -0.1) is 0 Å². The molecule has 0 bridgehead atoms. The fourth-order valence-electron chi connectivity index (χ4n) is 2.81. The van der Waals surface area contributed by atoms with E-state index in [2.05, 4.69) is 17.9 Å². The van der Waals surface area contributed by atoms with Gasteiger partial charge in [0.05, 0.1) is 0 Å². The molecule has 0 saturated carbocycles. The van der Waals surface area contributed by atoms with Crippen molar-refractivity contribution in [2.45, 2.75) is 0 Å². The second-order valence-electron chi connectivity index (χ2n) is 6.52. The van der Waals surface area contributed by atoms with Gasteiger partial charge in [0.1, 0.15) is 24.1 Å². The minimum Gasteiger partial charge on any atom is -0.462 e. The van der Waals surface area contributed by atoms with Crippen molar-refractivity contribution in [1.82, 2.24) is 0 Å². The number of hydrogen-bond donors (Lipinski definition) is 0. The van der Waals surface area contributed by atoms with Crippen LogP contribution in [-0.4, -0.2) is 11.9 Å². The lowest BCUT2D eigenvalue weighted by Gasteiger charge is -2.09. The van der Waals surface area contributed by atoms with Crippen molar-refractivity contribution in [2.75, 3.05) is 0 Å². The van der Waals surface area contributed by atoms with Crippen LogP contribution in [0.4, 0.5) is 8.78 Å². The molecular weight excluding hydrogens is 430 g/mol. The van der Waals surface area contributed by atoms with E-state index in [1.54, 1.807) is 42.5 Å². The molecule has 166 valence electrons. The van der Waals surface area contributed by atoms with Crippen molar-refractivity contribution in [3.8, 4) is 33.8 Å². The second kappa shape index (κ2) is 10.7. The van der Waals surface area contributed by atoms with Gasteiger partial charge in [-0.3, -0.25) is 0 Å². The molecule has 0 aromatic heterocycles. The van der Waals surface area contributed by atoms with E-state index in [1.165, 1.54) is 18.2 Å². The van der Waals surface area contributed by atoms with E-state index in [-0.39, 0.29) is 11.5 Å². The third-order valence-electron chi connectivity index (χ3n) is 4.39. The second-order valence-corrected chi connectivity index (χ2v) is 6.52. The molecule has 0 saturated heterocycles. The van der Waals surface area contributed by atoms with Crippen molar-refractivity contribution >= 4 is 11.9 Å². The molecule has 0 aliphatic carbocycles. The molecule has 0 aliphatic rings. The lowest BCUT2D eigenvalue weighted by atomic mass is 10.00. The van der Waals surface area contributed by atoms with Crippen LogP contribution in [0.1, 0.15) is 0 Å². The number of hydrogen-bond acceptors (Lipinski definition) is 5. The molecule has 0 atom stereocenters. The number of rotatable bonds is 8. The Morgan fingerprint density at radius 1 is 0.727 bits per heavy atom.